The van der Waals surface area contributed by atoms with Gasteiger partial charge in [-0.3, -0.25) is 0 Å². The Hall–Kier alpha value is -6.44. The maximum absolute atomic E-state index is 2.47. The van der Waals surface area contributed by atoms with E-state index < -0.39 is 0 Å². The van der Waals surface area contributed by atoms with Gasteiger partial charge in [-0.15, -0.1) is 0 Å². The molecule has 1 nitrogen and oxygen atoms in total. The van der Waals surface area contributed by atoms with Crippen molar-refractivity contribution >= 4 is 21.8 Å². The molecule has 1 aromatic heterocycles. The van der Waals surface area contributed by atoms with Crippen LogP contribution in [0.2, 0.25) is 0 Å². The average molecular weight is 722 g/mol. The first-order chi connectivity index (χ1) is 27.5. The summed E-state index contributed by atoms with van der Waals surface area (Å²) in [5.41, 5.74) is 18.8. The van der Waals surface area contributed by atoms with Crippen LogP contribution >= 0.6 is 0 Å². The van der Waals surface area contributed by atoms with Crippen molar-refractivity contribution < 1.29 is 0 Å². The fourth-order valence-corrected chi connectivity index (χ4v) is 8.70. The van der Waals surface area contributed by atoms with Crippen LogP contribution in [0.1, 0.15) is 48.1 Å². The standard InChI is InChI=1S/C30H28.C25H19N/c1-3-30(2)28-12-8-7-11-26(28)27-20-17-23(21-29(27)30)14-13-22-15-18-25(19-16-22)24-9-5-4-6-10-24;1-18-11-13-19(14-12-18)20-15-16-25-23(17-20)22-9-5-6-10-24(22)26(25)21-7-3-2-4-8-21/h4-12,15-21H,3,13-14H2,1-2H3;2-17H,1H3. The van der Waals surface area contributed by atoms with Crippen molar-refractivity contribution in [3.8, 4) is 39.1 Å². The van der Waals surface area contributed by atoms with E-state index in [1.54, 1.807) is 0 Å². The molecule has 1 atom stereocenters. The third kappa shape index (κ3) is 6.54. The van der Waals surface area contributed by atoms with Crippen molar-refractivity contribution in [3.05, 3.63) is 222 Å². The van der Waals surface area contributed by atoms with Gasteiger partial charge in [-0.2, -0.15) is 0 Å². The van der Waals surface area contributed by atoms with E-state index in [4.69, 9.17) is 0 Å². The highest BCUT2D eigenvalue weighted by molar-refractivity contribution is 6.10. The molecule has 56 heavy (non-hydrogen) atoms. The minimum Gasteiger partial charge on any atom is -0.309 e. The smallest absolute Gasteiger partial charge is 0.0541 e. The molecule has 0 spiro atoms. The van der Waals surface area contributed by atoms with Gasteiger partial charge < -0.3 is 4.57 Å². The first-order valence-electron chi connectivity index (χ1n) is 20.0. The largest absolute Gasteiger partial charge is 0.309 e. The third-order valence-corrected chi connectivity index (χ3v) is 12.0. The van der Waals surface area contributed by atoms with Crippen molar-refractivity contribution in [2.75, 3.05) is 0 Å². The number of hydrogen-bond donors (Lipinski definition) is 0. The van der Waals surface area contributed by atoms with Crippen LogP contribution in [0.3, 0.4) is 0 Å². The van der Waals surface area contributed by atoms with Crippen molar-refractivity contribution in [2.45, 2.75) is 45.4 Å². The topological polar surface area (TPSA) is 4.93 Å². The van der Waals surface area contributed by atoms with E-state index in [-0.39, 0.29) is 5.41 Å². The van der Waals surface area contributed by atoms with Gasteiger partial charge >= 0.3 is 0 Å². The van der Waals surface area contributed by atoms with E-state index >= 15 is 0 Å². The van der Waals surface area contributed by atoms with Gasteiger partial charge in [0.1, 0.15) is 0 Å². The number of rotatable bonds is 7. The quantitative estimate of drug-likeness (QED) is 0.154. The maximum Gasteiger partial charge on any atom is 0.0541 e. The van der Waals surface area contributed by atoms with Crippen LogP contribution in [0.4, 0.5) is 0 Å². The van der Waals surface area contributed by atoms with Crippen molar-refractivity contribution in [1.29, 1.82) is 0 Å². The fraction of sp³-hybridized carbons (Fsp3) is 0.127. The number of aryl methyl sites for hydroxylation is 3. The van der Waals surface area contributed by atoms with Crippen molar-refractivity contribution in [3.63, 3.8) is 0 Å². The van der Waals surface area contributed by atoms with Gasteiger partial charge in [0.15, 0.2) is 0 Å². The summed E-state index contributed by atoms with van der Waals surface area (Å²) in [5, 5.41) is 2.59. The zero-order valence-corrected chi connectivity index (χ0v) is 32.5. The van der Waals surface area contributed by atoms with Gasteiger partial charge in [0.05, 0.1) is 11.0 Å². The van der Waals surface area contributed by atoms with Crippen LogP contribution in [-0.2, 0) is 18.3 Å². The summed E-state index contributed by atoms with van der Waals surface area (Å²) in [7, 11) is 0. The fourth-order valence-electron chi connectivity index (χ4n) is 8.70. The summed E-state index contributed by atoms with van der Waals surface area (Å²) in [6, 6.07) is 70.5. The zero-order valence-electron chi connectivity index (χ0n) is 32.5. The molecule has 8 aromatic carbocycles. The van der Waals surface area contributed by atoms with E-state index in [2.05, 4.69) is 219 Å². The zero-order chi connectivity index (χ0) is 38.1. The first-order valence-corrected chi connectivity index (χ1v) is 20.0. The molecular formula is C55H47N. The summed E-state index contributed by atoms with van der Waals surface area (Å²) >= 11 is 0. The van der Waals surface area contributed by atoms with E-state index in [0.717, 1.165) is 19.3 Å². The van der Waals surface area contributed by atoms with E-state index in [0.29, 0.717) is 0 Å². The Morgan fingerprint density at radius 2 is 0.982 bits per heavy atom. The molecule has 0 radical (unpaired) electrons. The Balaban J connectivity index is 0.000000148. The summed E-state index contributed by atoms with van der Waals surface area (Å²) in [6.45, 7) is 6.84. The molecule has 272 valence electrons. The minimum atomic E-state index is 0.124. The lowest BCUT2D eigenvalue weighted by molar-refractivity contribution is 0.564. The lowest BCUT2D eigenvalue weighted by atomic mass is 9.77. The SMILES string of the molecule is CCC1(C)c2ccccc2-c2ccc(CCc3ccc(-c4ccccc4)cc3)cc21.Cc1ccc(-c2ccc3c(c2)c2ccccc2n3-c2ccccc2)cc1. The summed E-state index contributed by atoms with van der Waals surface area (Å²) in [6.07, 6.45) is 3.28. The molecule has 0 aliphatic heterocycles. The molecule has 10 rings (SSSR count). The average Bonchev–Trinajstić information content (AvgIpc) is 3.73. The highest BCUT2D eigenvalue weighted by Gasteiger charge is 2.37. The van der Waals surface area contributed by atoms with Gasteiger partial charge in [0, 0.05) is 21.9 Å². The summed E-state index contributed by atoms with van der Waals surface area (Å²) in [5.74, 6) is 0. The first kappa shape index (κ1) is 35.3. The van der Waals surface area contributed by atoms with Crippen LogP contribution in [0.25, 0.3) is 60.9 Å². The van der Waals surface area contributed by atoms with E-state index in [1.807, 2.05) is 0 Å². The Morgan fingerprint density at radius 1 is 0.429 bits per heavy atom. The Labute approximate surface area is 331 Å². The highest BCUT2D eigenvalue weighted by Crippen LogP contribution is 2.50. The van der Waals surface area contributed by atoms with Gasteiger partial charge in [0.25, 0.3) is 0 Å². The second-order valence-electron chi connectivity index (χ2n) is 15.5. The van der Waals surface area contributed by atoms with Crippen LogP contribution in [0, 0.1) is 6.92 Å². The van der Waals surface area contributed by atoms with Crippen LogP contribution in [0.5, 0.6) is 0 Å². The third-order valence-electron chi connectivity index (χ3n) is 12.0. The molecule has 0 bridgehead atoms. The normalized spacial score (nSPS) is 14.3. The van der Waals surface area contributed by atoms with E-state index in [9.17, 15) is 0 Å². The summed E-state index contributed by atoms with van der Waals surface area (Å²) in [4.78, 5) is 0. The van der Waals surface area contributed by atoms with Crippen LogP contribution in [0.15, 0.2) is 194 Å². The lowest BCUT2D eigenvalue weighted by Crippen LogP contribution is -2.19. The van der Waals surface area contributed by atoms with E-state index in [1.165, 1.54) is 88.7 Å². The lowest BCUT2D eigenvalue weighted by Gasteiger charge is -2.26. The Morgan fingerprint density at radius 3 is 1.75 bits per heavy atom. The molecule has 1 heterocycles. The molecule has 0 fully saturated rings. The molecule has 1 unspecified atom stereocenters. The number of aromatic nitrogens is 1. The minimum absolute atomic E-state index is 0.124. The summed E-state index contributed by atoms with van der Waals surface area (Å²) < 4.78 is 2.35. The second-order valence-corrected chi connectivity index (χ2v) is 15.5. The van der Waals surface area contributed by atoms with Gasteiger partial charge in [-0.25, -0.2) is 0 Å². The predicted octanol–water partition coefficient (Wildman–Crippen LogP) is 14.6. The van der Waals surface area contributed by atoms with Gasteiger partial charge in [0.2, 0.25) is 0 Å². The van der Waals surface area contributed by atoms with Crippen molar-refractivity contribution in [1.82, 2.24) is 4.57 Å². The predicted molar refractivity (Wildman–Crippen MR) is 239 cm³/mol. The molecule has 0 saturated heterocycles. The number of hydrogen-bond acceptors (Lipinski definition) is 0. The molecule has 0 amide bonds. The molecule has 1 heteroatoms. The Bertz CT molecular complexity index is 2770. The monoisotopic (exact) mass is 721 g/mol. The van der Waals surface area contributed by atoms with Crippen molar-refractivity contribution in [2.24, 2.45) is 0 Å². The van der Waals surface area contributed by atoms with Gasteiger partial charge in [-0.05, 0) is 112 Å². The molecule has 1 aliphatic rings. The molecule has 1 aliphatic carbocycles. The number of benzene rings is 8. The molecule has 0 N–H and O–H groups in total. The highest BCUT2D eigenvalue weighted by atomic mass is 15.0. The molecule has 0 saturated carbocycles. The van der Waals surface area contributed by atoms with Crippen LogP contribution in [-0.4, -0.2) is 4.57 Å². The second kappa shape index (κ2) is 15.0. The Kier molecular flexibility index (Phi) is 9.45. The molecule has 9 aromatic rings. The van der Waals surface area contributed by atoms with Crippen LogP contribution < -0.4 is 0 Å². The number of para-hydroxylation sites is 2. The van der Waals surface area contributed by atoms with Gasteiger partial charge in [-0.1, -0.05) is 183 Å². The molecular weight excluding hydrogens is 675 g/mol. The maximum atomic E-state index is 2.47. The number of nitrogens with zero attached hydrogens (tertiary/aromatic N) is 1. The number of fused-ring (bicyclic) bond motifs is 6.